The smallest absolute Gasteiger partial charge is 0.161 e. The van der Waals surface area contributed by atoms with Gasteiger partial charge < -0.3 is 14.8 Å². The van der Waals surface area contributed by atoms with Crippen LogP contribution in [0.1, 0.15) is 5.56 Å². The van der Waals surface area contributed by atoms with Crippen molar-refractivity contribution in [2.45, 2.75) is 6.92 Å². The van der Waals surface area contributed by atoms with E-state index in [2.05, 4.69) is 5.32 Å². The van der Waals surface area contributed by atoms with Crippen LogP contribution in [0.15, 0.2) is 48.5 Å². The third kappa shape index (κ3) is 3.91. The Hall–Kier alpha value is -2.16. The van der Waals surface area contributed by atoms with Crippen LogP contribution >= 0.6 is 0 Å². The second-order valence-corrected chi connectivity index (χ2v) is 4.30. The van der Waals surface area contributed by atoms with Gasteiger partial charge in [0.05, 0.1) is 7.11 Å². The fourth-order valence-electron chi connectivity index (χ4n) is 1.81. The van der Waals surface area contributed by atoms with Crippen molar-refractivity contribution in [3.63, 3.8) is 0 Å². The van der Waals surface area contributed by atoms with Crippen molar-refractivity contribution in [2.24, 2.45) is 0 Å². The van der Waals surface area contributed by atoms with E-state index in [1.54, 1.807) is 7.11 Å². The molecule has 3 heteroatoms. The standard InChI is InChI=1S/C16H19NO2/c1-13-8-9-15(16(12-13)18-2)19-11-10-17-14-6-4-3-5-7-14/h3-9,12,17H,10-11H2,1-2H3. The fraction of sp³-hybridized carbons (Fsp3) is 0.250. The highest BCUT2D eigenvalue weighted by Crippen LogP contribution is 2.27. The summed E-state index contributed by atoms with van der Waals surface area (Å²) >= 11 is 0. The average Bonchev–Trinajstić information content (AvgIpc) is 2.46. The van der Waals surface area contributed by atoms with E-state index in [0.29, 0.717) is 6.61 Å². The minimum absolute atomic E-state index is 0.592. The number of para-hydroxylation sites is 1. The SMILES string of the molecule is COc1cc(C)ccc1OCCNc1ccccc1. The molecule has 0 radical (unpaired) electrons. The van der Waals surface area contributed by atoms with Gasteiger partial charge in [-0.25, -0.2) is 0 Å². The highest BCUT2D eigenvalue weighted by atomic mass is 16.5. The van der Waals surface area contributed by atoms with Crippen LogP contribution in [0.3, 0.4) is 0 Å². The van der Waals surface area contributed by atoms with Crippen molar-refractivity contribution in [1.82, 2.24) is 0 Å². The van der Waals surface area contributed by atoms with E-state index >= 15 is 0 Å². The van der Waals surface area contributed by atoms with Crippen molar-refractivity contribution >= 4 is 5.69 Å². The van der Waals surface area contributed by atoms with Crippen molar-refractivity contribution in [3.05, 3.63) is 54.1 Å². The molecule has 19 heavy (non-hydrogen) atoms. The first-order chi connectivity index (χ1) is 9.29. The maximum absolute atomic E-state index is 5.72. The zero-order valence-electron chi connectivity index (χ0n) is 11.3. The van der Waals surface area contributed by atoms with Gasteiger partial charge >= 0.3 is 0 Å². The zero-order valence-corrected chi connectivity index (χ0v) is 11.3. The normalized spacial score (nSPS) is 10.0. The third-order valence-electron chi connectivity index (χ3n) is 2.78. The van der Waals surface area contributed by atoms with Gasteiger partial charge in [0.15, 0.2) is 11.5 Å². The van der Waals surface area contributed by atoms with E-state index < -0.39 is 0 Å². The lowest BCUT2D eigenvalue weighted by Crippen LogP contribution is -2.11. The summed E-state index contributed by atoms with van der Waals surface area (Å²) in [5.74, 6) is 1.56. The molecule has 0 amide bonds. The van der Waals surface area contributed by atoms with Gasteiger partial charge in [-0.15, -0.1) is 0 Å². The summed E-state index contributed by atoms with van der Waals surface area (Å²) in [6.07, 6.45) is 0. The van der Waals surface area contributed by atoms with E-state index in [9.17, 15) is 0 Å². The number of rotatable bonds is 6. The van der Waals surface area contributed by atoms with Gasteiger partial charge in [-0.2, -0.15) is 0 Å². The number of hydrogen-bond acceptors (Lipinski definition) is 3. The molecule has 0 unspecified atom stereocenters. The van der Waals surface area contributed by atoms with Crippen LogP contribution < -0.4 is 14.8 Å². The van der Waals surface area contributed by atoms with Crippen LogP contribution in [0, 0.1) is 6.92 Å². The molecule has 1 N–H and O–H groups in total. The Bertz CT molecular complexity index is 511. The Kier molecular flexibility index (Phi) is 4.67. The highest BCUT2D eigenvalue weighted by molar-refractivity contribution is 5.43. The first kappa shape index (κ1) is 13.3. The molecule has 0 aliphatic carbocycles. The van der Waals surface area contributed by atoms with Crippen molar-refractivity contribution in [2.75, 3.05) is 25.6 Å². The third-order valence-corrected chi connectivity index (χ3v) is 2.78. The molecule has 0 bridgehead atoms. The van der Waals surface area contributed by atoms with Crippen LogP contribution in [0.5, 0.6) is 11.5 Å². The lowest BCUT2D eigenvalue weighted by molar-refractivity contribution is 0.305. The summed E-state index contributed by atoms with van der Waals surface area (Å²) in [7, 11) is 1.66. The minimum Gasteiger partial charge on any atom is -0.493 e. The maximum Gasteiger partial charge on any atom is 0.161 e. The summed E-state index contributed by atoms with van der Waals surface area (Å²) < 4.78 is 11.0. The molecule has 2 aromatic carbocycles. The predicted molar refractivity (Wildman–Crippen MR) is 78.2 cm³/mol. The Morgan fingerprint density at radius 1 is 1.00 bits per heavy atom. The monoisotopic (exact) mass is 257 g/mol. The molecular formula is C16H19NO2. The second kappa shape index (κ2) is 6.69. The zero-order chi connectivity index (χ0) is 13.5. The van der Waals surface area contributed by atoms with E-state index in [1.807, 2.05) is 55.5 Å². The maximum atomic E-state index is 5.72. The molecule has 2 rings (SSSR count). The fourth-order valence-corrected chi connectivity index (χ4v) is 1.81. The molecule has 2 aromatic rings. The summed E-state index contributed by atoms with van der Waals surface area (Å²) in [4.78, 5) is 0. The van der Waals surface area contributed by atoms with Gasteiger partial charge in [0.2, 0.25) is 0 Å². The molecule has 0 aromatic heterocycles. The number of benzene rings is 2. The molecular weight excluding hydrogens is 238 g/mol. The summed E-state index contributed by atoms with van der Waals surface area (Å²) in [5, 5.41) is 3.30. The minimum atomic E-state index is 0.592. The quantitative estimate of drug-likeness (QED) is 0.803. The van der Waals surface area contributed by atoms with Crippen LogP contribution in [0.4, 0.5) is 5.69 Å². The van der Waals surface area contributed by atoms with Gasteiger partial charge in [-0.3, -0.25) is 0 Å². The topological polar surface area (TPSA) is 30.5 Å². The highest BCUT2D eigenvalue weighted by Gasteiger charge is 2.03. The molecule has 0 fully saturated rings. The Morgan fingerprint density at radius 3 is 2.53 bits per heavy atom. The van der Waals surface area contributed by atoms with Crippen molar-refractivity contribution in [3.8, 4) is 11.5 Å². The molecule has 0 heterocycles. The van der Waals surface area contributed by atoms with Gasteiger partial charge in [0, 0.05) is 12.2 Å². The van der Waals surface area contributed by atoms with Gasteiger partial charge in [0.25, 0.3) is 0 Å². The van der Waals surface area contributed by atoms with E-state index in [-0.39, 0.29) is 0 Å². The van der Waals surface area contributed by atoms with E-state index in [0.717, 1.165) is 29.3 Å². The molecule has 0 aliphatic rings. The van der Waals surface area contributed by atoms with Gasteiger partial charge in [-0.05, 0) is 36.8 Å². The van der Waals surface area contributed by atoms with Crippen molar-refractivity contribution < 1.29 is 9.47 Å². The first-order valence-electron chi connectivity index (χ1n) is 6.36. The summed E-state index contributed by atoms with van der Waals surface area (Å²) in [5.41, 5.74) is 2.26. The summed E-state index contributed by atoms with van der Waals surface area (Å²) in [6, 6.07) is 16.0. The average molecular weight is 257 g/mol. The molecule has 100 valence electrons. The second-order valence-electron chi connectivity index (χ2n) is 4.30. The van der Waals surface area contributed by atoms with Gasteiger partial charge in [0.1, 0.15) is 6.61 Å². The van der Waals surface area contributed by atoms with E-state index in [1.165, 1.54) is 0 Å². The van der Waals surface area contributed by atoms with E-state index in [4.69, 9.17) is 9.47 Å². The first-order valence-corrected chi connectivity index (χ1v) is 6.36. The number of aryl methyl sites for hydroxylation is 1. The van der Waals surface area contributed by atoms with Crippen LogP contribution in [0.2, 0.25) is 0 Å². The van der Waals surface area contributed by atoms with Crippen LogP contribution in [-0.4, -0.2) is 20.3 Å². The molecule has 0 saturated carbocycles. The Labute approximate surface area is 114 Å². The number of nitrogens with one attached hydrogen (secondary N) is 1. The molecule has 0 atom stereocenters. The molecule has 0 saturated heterocycles. The molecule has 0 spiro atoms. The number of anilines is 1. The summed E-state index contributed by atoms with van der Waals surface area (Å²) in [6.45, 7) is 3.37. The van der Waals surface area contributed by atoms with Crippen LogP contribution in [-0.2, 0) is 0 Å². The molecule has 3 nitrogen and oxygen atoms in total. The number of methoxy groups -OCH3 is 1. The Balaban J connectivity index is 1.83. The lowest BCUT2D eigenvalue weighted by atomic mass is 10.2. The van der Waals surface area contributed by atoms with Gasteiger partial charge in [-0.1, -0.05) is 24.3 Å². The lowest BCUT2D eigenvalue weighted by Gasteiger charge is -2.12. The van der Waals surface area contributed by atoms with Crippen molar-refractivity contribution in [1.29, 1.82) is 0 Å². The predicted octanol–water partition coefficient (Wildman–Crippen LogP) is 3.49. The molecule has 0 aliphatic heterocycles. The Morgan fingerprint density at radius 2 is 1.79 bits per heavy atom. The van der Waals surface area contributed by atoms with Crippen LogP contribution in [0.25, 0.3) is 0 Å². The number of hydrogen-bond donors (Lipinski definition) is 1. The largest absolute Gasteiger partial charge is 0.493 e. The number of ether oxygens (including phenoxy) is 2.